The average molecular weight is 554 g/mol. The van der Waals surface area contributed by atoms with Gasteiger partial charge < -0.3 is 19.2 Å². The van der Waals surface area contributed by atoms with Crippen LogP contribution in [0.5, 0.6) is 0 Å². The number of aliphatic hydroxyl groups excluding tert-OH is 1. The standard InChI is InChI=1S/C29H35N3O6S/c1-27-13-16-15-30-31-20(16)12-17(27)7-8-18-19-9-10-29(25(35)39-26(36)32(3)4,28(19,2)14-21(33)23(18)27)38-24(34)22-6-5-11-37-22/h5-6,11-12,15,18-19,21,23,33H,7-10,13-14H2,1-4H3,(H,30,31). The monoisotopic (exact) mass is 553 g/mol. The second-order valence-corrected chi connectivity index (χ2v) is 13.3. The Morgan fingerprint density at radius 1 is 1.26 bits per heavy atom. The number of fused-ring (bicyclic) bond motifs is 6. The molecule has 0 radical (unpaired) electrons. The molecule has 208 valence electrons. The molecule has 0 spiro atoms. The Kier molecular flexibility index (Phi) is 6.15. The summed E-state index contributed by atoms with van der Waals surface area (Å²) in [6.07, 6.45) is 8.61. The first kappa shape index (κ1) is 26.4. The van der Waals surface area contributed by atoms with Crippen LogP contribution >= 0.6 is 11.8 Å². The van der Waals surface area contributed by atoms with Crippen molar-refractivity contribution >= 4 is 34.2 Å². The second kappa shape index (κ2) is 9.09. The van der Waals surface area contributed by atoms with Crippen molar-refractivity contribution in [1.29, 1.82) is 0 Å². The summed E-state index contributed by atoms with van der Waals surface area (Å²) < 4.78 is 11.4. The van der Waals surface area contributed by atoms with Gasteiger partial charge in [0.1, 0.15) is 0 Å². The first-order chi connectivity index (χ1) is 18.5. The number of aromatic amines is 1. The zero-order valence-electron chi connectivity index (χ0n) is 22.7. The maximum atomic E-state index is 14.0. The lowest BCUT2D eigenvalue weighted by molar-refractivity contribution is -0.175. The zero-order chi connectivity index (χ0) is 27.7. The molecule has 39 heavy (non-hydrogen) atoms. The Labute approximate surface area is 231 Å². The highest BCUT2D eigenvalue weighted by atomic mass is 32.2. The molecule has 7 unspecified atom stereocenters. The Morgan fingerprint density at radius 2 is 2.05 bits per heavy atom. The van der Waals surface area contributed by atoms with Gasteiger partial charge in [0, 0.05) is 31.3 Å². The number of amides is 1. The number of furan rings is 1. The number of hydrogen-bond acceptors (Lipinski definition) is 8. The lowest BCUT2D eigenvalue weighted by atomic mass is 9.45. The van der Waals surface area contributed by atoms with Gasteiger partial charge in [-0.15, -0.1) is 0 Å². The normalized spacial score (nSPS) is 36.6. The highest BCUT2D eigenvalue weighted by molar-refractivity contribution is 8.26. The number of esters is 1. The fourth-order valence-electron chi connectivity index (χ4n) is 8.49. The largest absolute Gasteiger partial charge is 0.457 e. The molecule has 3 saturated carbocycles. The molecule has 4 aliphatic rings. The van der Waals surface area contributed by atoms with Crippen LogP contribution in [0.1, 0.15) is 67.8 Å². The third-order valence-electron chi connectivity index (χ3n) is 10.3. The van der Waals surface area contributed by atoms with Gasteiger partial charge in [0.25, 0.3) is 5.24 Å². The van der Waals surface area contributed by atoms with Crippen molar-refractivity contribution < 1.29 is 28.6 Å². The minimum absolute atomic E-state index is 0.00126. The molecule has 1 amide bonds. The van der Waals surface area contributed by atoms with Crippen molar-refractivity contribution in [3.8, 4) is 0 Å². The van der Waals surface area contributed by atoms with Gasteiger partial charge in [0.2, 0.25) is 10.9 Å². The van der Waals surface area contributed by atoms with Gasteiger partial charge in [-0.05, 0) is 85.5 Å². The van der Waals surface area contributed by atoms with Crippen molar-refractivity contribution in [1.82, 2.24) is 15.1 Å². The van der Waals surface area contributed by atoms with E-state index in [1.807, 2.05) is 13.1 Å². The fourth-order valence-corrected chi connectivity index (χ4v) is 9.37. The topological polar surface area (TPSA) is 126 Å². The Hall–Kier alpha value is -2.85. The van der Waals surface area contributed by atoms with Crippen LogP contribution in [0.3, 0.4) is 0 Å². The lowest BCUT2D eigenvalue weighted by Gasteiger charge is -2.60. The Balaban J connectivity index is 1.38. The predicted octanol–water partition coefficient (Wildman–Crippen LogP) is 4.69. The predicted molar refractivity (Wildman–Crippen MR) is 145 cm³/mol. The smallest absolute Gasteiger partial charge is 0.375 e. The van der Waals surface area contributed by atoms with E-state index in [1.54, 1.807) is 20.2 Å². The second-order valence-electron chi connectivity index (χ2n) is 12.4. The average Bonchev–Trinajstić information content (AvgIpc) is 3.62. The molecule has 9 nitrogen and oxygen atoms in total. The number of nitrogens with zero attached hydrogens (tertiary/aromatic N) is 2. The van der Waals surface area contributed by atoms with Gasteiger partial charge in [-0.3, -0.25) is 14.7 Å². The maximum absolute atomic E-state index is 14.0. The number of hydrogen-bond donors (Lipinski definition) is 2. The summed E-state index contributed by atoms with van der Waals surface area (Å²) in [6, 6.07) is 3.09. The number of carbonyl (C=O) groups is 3. The number of H-pyrrole nitrogens is 1. The SMILES string of the molecule is CN(C)C(=O)SC(=O)C1(OC(=O)c2ccco2)CCC2C3CCC4=Cc5[nH]ncc5CC4(C)C3C(O)CC21C. The number of allylic oxidation sites excluding steroid dienone is 1. The highest BCUT2D eigenvalue weighted by Crippen LogP contribution is 2.68. The van der Waals surface area contributed by atoms with Gasteiger partial charge in [0.15, 0.2) is 5.60 Å². The molecule has 0 aromatic carbocycles. The summed E-state index contributed by atoms with van der Waals surface area (Å²) >= 11 is 0.578. The molecule has 2 aromatic rings. The van der Waals surface area contributed by atoms with Crippen LogP contribution in [0, 0.1) is 28.6 Å². The summed E-state index contributed by atoms with van der Waals surface area (Å²) in [6.45, 7) is 4.23. The van der Waals surface area contributed by atoms with Crippen molar-refractivity contribution in [2.45, 2.75) is 64.1 Å². The number of rotatable bonds is 3. The third kappa shape index (κ3) is 3.78. The summed E-state index contributed by atoms with van der Waals surface area (Å²) in [7, 11) is 3.17. The number of aliphatic hydroxyl groups is 1. The maximum Gasteiger partial charge on any atom is 0.375 e. The minimum atomic E-state index is -1.56. The molecular weight excluding hydrogens is 518 g/mol. The number of aromatic nitrogens is 2. The van der Waals surface area contributed by atoms with Crippen LogP contribution in [0.2, 0.25) is 0 Å². The van der Waals surface area contributed by atoms with Gasteiger partial charge in [-0.2, -0.15) is 5.10 Å². The van der Waals surface area contributed by atoms with Crippen LogP contribution < -0.4 is 0 Å². The molecule has 4 aliphatic carbocycles. The van der Waals surface area contributed by atoms with Gasteiger partial charge in [-0.1, -0.05) is 19.4 Å². The van der Waals surface area contributed by atoms with E-state index in [9.17, 15) is 19.5 Å². The highest BCUT2D eigenvalue weighted by Gasteiger charge is 2.71. The third-order valence-corrected chi connectivity index (χ3v) is 11.3. The molecule has 0 saturated heterocycles. The first-order valence-electron chi connectivity index (χ1n) is 13.6. The number of thioether (sulfide) groups is 1. The molecule has 0 bridgehead atoms. The molecular formula is C29H35N3O6S. The Morgan fingerprint density at radius 3 is 2.77 bits per heavy atom. The van der Waals surface area contributed by atoms with Crippen LogP contribution in [0.25, 0.3) is 6.08 Å². The number of nitrogens with one attached hydrogen (secondary N) is 1. The molecule has 3 fully saturated rings. The van der Waals surface area contributed by atoms with E-state index in [-0.39, 0.29) is 28.9 Å². The summed E-state index contributed by atoms with van der Waals surface area (Å²) in [4.78, 5) is 41.3. The van der Waals surface area contributed by atoms with Crippen molar-refractivity contribution in [3.05, 3.63) is 47.2 Å². The molecule has 2 heterocycles. The molecule has 6 rings (SSSR count). The number of carbonyl (C=O) groups excluding carboxylic acids is 3. The summed E-state index contributed by atoms with van der Waals surface area (Å²) in [5, 5.41) is 18.3. The van der Waals surface area contributed by atoms with E-state index >= 15 is 0 Å². The molecule has 10 heteroatoms. The summed E-state index contributed by atoms with van der Waals surface area (Å²) in [5.41, 5.74) is 0.902. The molecule has 2 aromatic heterocycles. The number of ether oxygens (including phenoxy) is 1. The first-order valence-corrected chi connectivity index (χ1v) is 14.4. The fraction of sp³-hybridized carbons (Fsp3) is 0.586. The molecule has 0 aliphatic heterocycles. The van der Waals surface area contributed by atoms with Gasteiger partial charge >= 0.3 is 5.97 Å². The van der Waals surface area contributed by atoms with E-state index in [2.05, 4.69) is 23.2 Å². The van der Waals surface area contributed by atoms with Crippen molar-refractivity contribution in [2.75, 3.05) is 14.1 Å². The van der Waals surface area contributed by atoms with Gasteiger partial charge in [-0.25, -0.2) is 4.79 Å². The minimum Gasteiger partial charge on any atom is -0.457 e. The van der Waals surface area contributed by atoms with Crippen LogP contribution in [0.4, 0.5) is 4.79 Å². The van der Waals surface area contributed by atoms with Gasteiger partial charge in [0.05, 0.1) is 24.3 Å². The van der Waals surface area contributed by atoms with Crippen LogP contribution in [-0.2, 0) is 16.0 Å². The van der Waals surface area contributed by atoms with E-state index in [0.29, 0.717) is 31.0 Å². The lowest BCUT2D eigenvalue weighted by Crippen LogP contribution is -2.62. The molecule has 7 atom stereocenters. The van der Waals surface area contributed by atoms with E-state index in [4.69, 9.17) is 9.15 Å². The zero-order valence-corrected chi connectivity index (χ0v) is 23.5. The van der Waals surface area contributed by atoms with E-state index in [0.717, 1.165) is 30.5 Å². The quantitative estimate of drug-likeness (QED) is 0.524. The van der Waals surface area contributed by atoms with E-state index < -0.39 is 33.4 Å². The Bertz CT molecular complexity index is 1350. The van der Waals surface area contributed by atoms with Crippen LogP contribution in [0.15, 0.2) is 34.6 Å². The van der Waals surface area contributed by atoms with Crippen LogP contribution in [-0.4, -0.2) is 62.3 Å². The summed E-state index contributed by atoms with van der Waals surface area (Å²) in [5.74, 6) is -0.545. The van der Waals surface area contributed by atoms with Crippen molar-refractivity contribution in [3.63, 3.8) is 0 Å². The van der Waals surface area contributed by atoms with E-state index in [1.165, 1.54) is 22.8 Å². The molecule has 2 N–H and O–H groups in total. The van der Waals surface area contributed by atoms with Crippen molar-refractivity contribution in [2.24, 2.45) is 28.6 Å².